The van der Waals surface area contributed by atoms with Gasteiger partial charge in [-0.2, -0.15) is 0 Å². The normalized spacial score (nSPS) is 14.9. The summed E-state index contributed by atoms with van der Waals surface area (Å²) < 4.78 is 6.37. The molecule has 0 aliphatic carbocycles. The van der Waals surface area contributed by atoms with Crippen LogP contribution in [0.25, 0.3) is 0 Å². The molecule has 3 nitrogen and oxygen atoms in total. The standard InChI is InChI=1S/C31H51O3P/c1-27(2,3)21-15-17-23(25(19-21)29(7,8)9)31(13,34-35(14,32)33)24-18-16-22(28(4,5)6)20-26(24)30(10,11)12/h15-20,32-33,35H,1-14H3. The van der Waals surface area contributed by atoms with Crippen LogP contribution in [0.1, 0.15) is 123 Å². The molecule has 0 fully saturated rings. The Hall–Kier alpha value is -1.25. The van der Waals surface area contributed by atoms with Crippen LogP contribution >= 0.6 is 7.94 Å². The van der Waals surface area contributed by atoms with Crippen LogP contribution in [0.4, 0.5) is 0 Å². The second kappa shape index (κ2) is 9.25. The minimum absolute atomic E-state index is 0.00205. The summed E-state index contributed by atoms with van der Waals surface area (Å²) in [5.74, 6) is 0. The Labute approximate surface area is 215 Å². The SMILES string of the molecule is CC(C)(C)c1ccc(C(C)(O[PH](C)(O)O)c2ccc(C(C)(C)C)cc2C(C)(C)C)c(C(C)(C)C)c1. The van der Waals surface area contributed by atoms with Crippen LogP contribution in [-0.4, -0.2) is 16.5 Å². The predicted octanol–water partition coefficient (Wildman–Crippen LogP) is 8.27. The first kappa shape index (κ1) is 30.0. The zero-order valence-electron chi connectivity index (χ0n) is 24.8. The minimum atomic E-state index is -3.92. The summed E-state index contributed by atoms with van der Waals surface area (Å²) in [5.41, 5.74) is 5.40. The molecule has 0 saturated carbocycles. The molecule has 0 aromatic heterocycles. The molecule has 0 bridgehead atoms. The van der Waals surface area contributed by atoms with Gasteiger partial charge in [0.2, 0.25) is 0 Å². The van der Waals surface area contributed by atoms with Crippen molar-refractivity contribution in [1.82, 2.24) is 0 Å². The number of hydrogen-bond acceptors (Lipinski definition) is 3. The van der Waals surface area contributed by atoms with E-state index in [4.69, 9.17) is 4.52 Å². The zero-order valence-corrected chi connectivity index (χ0v) is 25.8. The van der Waals surface area contributed by atoms with Gasteiger partial charge in [-0.25, -0.2) is 0 Å². The van der Waals surface area contributed by atoms with E-state index in [1.165, 1.54) is 17.8 Å². The predicted molar refractivity (Wildman–Crippen MR) is 154 cm³/mol. The van der Waals surface area contributed by atoms with Crippen molar-refractivity contribution in [3.8, 4) is 0 Å². The molecule has 4 heteroatoms. The van der Waals surface area contributed by atoms with Crippen LogP contribution in [0.3, 0.4) is 0 Å². The van der Waals surface area contributed by atoms with Crippen molar-refractivity contribution in [2.75, 3.05) is 6.66 Å². The van der Waals surface area contributed by atoms with Gasteiger partial charge in [-0.3, -0.25) is 0 Å². The fraction of sp³-hybridized carbons (Fsp3) is 0.613. The molecule has 0 saturated heterocycles. The Balaban J connectivity index is 3.03. The van der Waals surface area contributed by atoms with Gasteiger partial charge in [0.1, 0.15) is 0 Å². The maximum absolute atomic E-state index is 10.7. The van der Waals surface area contributed by atoms with Crippen LogP contribution in [0.5, 0.6) is 0 Å². The van der Waals surface area contributed by atoms with Crippen LogP contribution < -0.4 is 0 Å². The quantitative estimate of drug-likeness (QED) is 0.414. The first-order chi connectivity index (χ1) is 15.4. The molecule has 2 rings (SSSR count). The van der Waals surface area contributed by atoms with Crippen LogP contribution in [0.15, 0.2) is 36.4 Å². The van der Waals surface area contributed by atoms with Gasteiger partial charge in [0.05, 0.1) is 0 Å². The molecule has 0 heterocycles. The Morgan fingerprint density at radius 3 is 1.06 bits per heavy atom. The Kier molecular flexibility index (Phi) is 7.92. The van der Waals surface area contributed by atoms with Crippen LogP contribution in [0.2, 0.25) is 0 Å². The van der Waals surface area contributed by atoms with E-state index >= 15 is 0 Å². The first-order valence-electron chi connectivity index (χ1n) is 12.8. The van der Waals surface area contributed by atoms with E-state index in [9.17, 15) is 9.79 Å². The summed E-state index contributed by atoms with van der Waals surface area (Å²) in [6, 6.07) is 13.2. The van der Waals surface area contributed by atoms with Crippen molar-refractivity contribution in [3.63, 3.8) is 0 Å². The third kappa shape index (κ3) is 6.95. The van der Waals surface area contributed by atoms with E-state index in [0.29, 0.717) is 0 Å². The number of hydrogen-bond donors (Lipinski definition) is 2. The summed E-state index contributed by atoms with van der Waals surface area (Å²) in [6.45, 7) is 30.0. The first-order valence-corrected chi connectivity index (χ1v) is 15.1. The molecule has 198 valence electrons. The average Bonchev–Trinajstić information content (AvgIpc) is 2.62. The molecule has 0 aliphatic heterocycles. The molecule has 2 N–H and O–H groups in total. The fourth-order valence-electron chi connectivity index (χ4n) is 4.74. The molecule has 2 aromatic rings. The van der Waals surface area contributed by atoms with Gasteiger partial charge < -0.3 is 0 Å². The van der Waals surface area contributed by atoms with Gasteiger partial charge in [0.15, 0.2) is 0 Å². The van der Waals surface area contributed by atoms with Crippen molar-refractivity contribution >= 4 is 7.94 Å². The summed E-state index contributed by atoms with van der Waals surface area (Å²) in [6.07, 6.45) is 0. The molecule has 0 aliphatic rings. The van der Waals surface area contributed by atoms with E-state index in [0.717, 1.165) is 22.3 Å². The third-order valence-electron chi connectivity index (χ3n) is 6.81. The molecule has 2 aromatic carbocycles. The molecule has 0 unspecified atom stereocenters. The van der Waals surface area contributed by atoms with Gasteiger partial charge in [-0.05, 0) is 0 Å². The maximum atomic E-state index is 10.7. The van der Waals surface area contributed by atoms with E-state index in [-0.39, 0.29) is 21.7 Å². The van der Waals surface area contributed by atoms with E-state index in [1.807, 2.05) is 6.92 Å². The second-order valence-electron chi connectivity index (χ2n) is 14.6. The molecule has 35 heavy (non-hydrogen) atoms. The van der Waals surface area contributed by atoms with Crippen LogP contribution in [0, 0.1) is 0 Å². The molecule has 0 amide bonds. The van der Waals surface area contributed by atoms with E-state index < -0.39 is 13.5 Å². The average molecular weight is 503 g/mol. The van der Waals surface area contributed by atoms with E-state index in [2.05, 4.69) is 119 Å². The second-order valence-corrected chi connectivity index (χ2v) is 16.7. The molecule has 0 radical (unpaired) electrons. The molecule has 0 spiro atoms. The Morgan fingerprint density at radius 2 is 0.829 bits per heavy atom. The summed E-state index contributed by atoms with van der Waals surface area (Å²) in [4.78, 5) is 21.4. The monoisotopic (exact) mass is 502 g/mol. The van der Waals surface area contributed by atoms with Gasteiger partial charge in [-0.15, -0.1) is 0 Å². The Morgan fingerprint density at radius 1 is 0.514 bits per heavy atom. The zero-order chi connectivity index (χ0) is 27.4. The van der Waals surface area contributed by atoms with Gasteiger partial charge in [-0.1, -0.05) is 0 Å². The van der Waals surface area contributed by atoms with Crippen LogP contribution in [-0.2, 0) is 31.8 Å². The Bertz CT molecular complexity index is 974. The van der Waals surface area contributed by atoms with Crippen molar-refractivity contribution in [2.24, 2.45) is 0 Å². The topological polar surface area (TPSA) is 49.7 Å². The number of benzene rings is 2. The van der Waals surface area contributed by atoms with Crippen molar-refractivity contribution in [1.29, 1.82) is 0 Å². The van der Waals surface area contributed by atoms with Gasteiger partial charge in [0, 0.05) is 0 Å². The molecule has 0 atom stereocenters. The van der Waals surface area contributed by atoms with Crippen molar-refractivity contribution in [2.45, 2.75) is 117 Å². The van der Waals surface area contributed by atoms with Crippen molar-refractivity contribution in [3.05, 3.63) is 69.8 Å². The molecular formula is C31H51O3P. The fourth-order valence-corrected chi connectivity index (χ4v) is 5.73. The molecular weight excluding hydrogens is 451 g/mol. The summed E-state index contributed by atoms with van der Waals surface area (Å²) in [5, 5.41) is 0. The van der Waals surface area contributed by atoms with E-state index in [1.54, 1.807) is 0 Å². The van der Waals surface area contributed by atoms with Gasteiger partial charge >= 0.3 is 216 Å². The van der Waals surface area contributed by atoms with Crippen molar-refractivity contribution < 1.29 is 14.3 Å². The third-order valence-corrected chi connectivity index (χ3v) is 7.61. The number of rotatable bonds is 4. The summed E-state index contributed by atoms with van der Waals surface area (Å²) in [7, 11) is -3.92. The van der Waals surface area contributed by atoms with Gasteiger partial charge in [0.25, 0.3) is 0 Å². The summed E-state index contributed by atoms with van der Waals surface area (Å²) >= 11 is 0.